The molecule has 2 aliphatic heterocycles. The highest BCUT2D eigenvalue weighted by atomic mass is 16.6. The zero-order valence-corrected chi connectivity index (χ0v) is 33.0. The van der Waals surface area contributed by atoms with Gasteiger partial charge in [0.1, 0.15) is 12.2 Å². The predicted octanol–water partition coefficient (Wildman–Crippen LogP) is 4.17. The molecular formula is C42H50O16. The fourth-order valence-electron chi connectivity index (χ4n) is 7.49. The molecule has 2 fully saturated rings. The van der Waals surface area contributed by atoms with Crippen molar-refractivity contribution in [1.82, 2.24) is 0 Å². The molecule has 0 spiro atoms. The van der Waals surface area contributed by atoms with Gasteiger partial charge in [0.25, 0.3) is 0 Å². The lowest BCUT2D eigenvalue weighted by molar-refractivity contribution is -0.00205. The number of hydrogen-bond donors (Lipinski definition) is 6. The first-order chi connectivity index (χ1) is 28.0. The molecule has 0 unspecified atom stereocenters. The molecule has 314 valence electrons. The molecule has 6 rings (SSSR count). The monoisotopic (exact) mass is 810 g/mol. The fraction of sp³-hybridized carbons (Fsp3) is 0.429. The molecule has 58 heavy (non-hydrogen) atoms. The molecule has 16 nitrogen and oxygen atoms in total. The third-order valence-corrected chi connectivity index (χ3v) is 10.6. The molecular weight excluding hydrogens is 760 g/mol. The number of ether oxygens (including phenoxy) is 10. The van der Waals surface area contributed by atoms with Gasteiger partial charge in [0.05, 0.1) is 81.3 Å². The van der Waals surface area contributed by atoms with Crippen molar-refractivity contribution in [3.05, 3.63) is 82.9 Å². The van der Waals surface area contributed by atoms with Crippen LogP contribution in [0.5, 0.6) is 57.5 Å². The van der Waals surface area contributed by atoms with Crippen LogP contribution in [0.15, 0.2) is 60.7 Å². The molecule has 0 saturated carbocycles. The lowest BCUT2D eigenvalue weighted by atomic mass is 9.84. The van der Waals surface area contributed by atoms with E-state index in [1.54, 1.807) is 24.3 Å². The van der Waals surface area contributed by atoms with Gasteiger partial charge in [-0.2, -0.15) is 0 Å². The van der Waals surface area contributed by atoms with Gasteiger partial charge in [-0.3, -0.25) is 0 Å². The standard InChI is InChI=1S/C42H50O16/c1-49-29-11-21(7-9-27(29)45)37(47)35(17-43)57-41-31(51-3)13-23(14-32(41)52-4)39-25-19-56-40(26(25)20-55-39)24-15-33(53-5)42(34(16-24)54-6)58-36(18-44)38(48)22-8-10-28(46)30(12-22)50-2/h7-16,25-26,35-40,43-48H,17-20H2,1-6H3/t25-,26-,35+,36+,37+,38+,39+,40+/m1/s1. The molecule has 4 aromatic rings. The van der Waals surface area contributed by atoms with E-state index in [-0.39, 0.29) is 69.3 Å². The highest BCUT2D eigenvalue weighted by Crippen LogP contribution is 2.54. The quantitative estimate of drug-likeness (QED) is 0.0832. The predicted molar refractivity (Wildman–Crippen MR) is 206 cm³/mol. The third kappa shape index (κ3) is 8.30. The molecule has 0 aliphatic carbocycles. The van der Waals surface area contributed by atoms with Gasteiger partial charge >= 0.3 is 0 Å². The number of aliphatic hydroxyl groups excluding tert-OH is 4. The highest BCUT2D eigenvalue weighted by Gasteiger charge is 2.49. The van der Waals surface area contributed by atoms with E-state index in [1.165, 1.54) is 79.1 Å². The number of phenols is 2. The summed E-state index contributed by atoms with van der Waals surface area (Å²) >= 11 is 0. The van der Waals surface area contributed by atoms with Crippen LogP contribution in [0.25, 0.3) is 0 Å². The van der Waals surface area contributed by atoms with Crippen molar-refractivity contribution >= 4 is 0 Å². The van der Waals surface area contributed by atoms with Crippen LogP contribution in [0.3, 0.4) is 0 Å². The summed E-state index contributed by atoms with van der Waals surface area (Å²) in [5, 5.41) is 62.8. The summed E-state index contributed by atoms with van der Waals surface area (Å²) in [5.74, 6) is 1.38. The second-order valence-electron chi connectivity index (χ2n) is 13.8. The van der Waals surface area contributed by atoms with E-state index < -0.39 is 49.8 Å². The van der Waals surface area contributed by atoms with Gasteiger partial charge in [-0.1, -0.05) is 12.1 Å². The Labute approximate surface area is 335 Å². The Bertz CT molecular complexity index is 1830. The van der Waals surface area contributed by atoms with Crippen LogP contribution in [0.4, 0.5) is 0 Å². The van der Waals surface area contributed by atoms with Crippen LogP contribution in [0.2, 0.25) is 0 Å². The second-order valence-corrected chi connectivity index (χ2v) is 13.8. The minimum Gasteiger partial charge on any atom is -0.504 e. The van der Waals surface area contributed by atoms with E-state index in [4.69, 9.17) is 47.4 Å². The Morgan fingerprint density at radius 1 is 0.517 bits per heavy atom. The smallest absolute Gasteiger partial charge is 0.204 e. The summed E-state index contributed by atoms with van der Waals surface area (Å²) in [6, 6.07) is 15.7. The van der Waals surface area contributed by atoms with E-state index in [0.717, 1.165) is 11.1 Å². The first-order valence-electron chi connectivity index (χ1n) is 18.4. The molecule has 2 heterocycles. The number of methoxy groups -OCH3 is 6. The lowest BCUT2D eigenvalue weighted by Gasteiger charge is -2.26. The normalized spacial score (nSPS) is 20.7. The van der Waals surface area contributed by atoms with Crippen LogP contribution in [-0.4, -0.2) is 112 Å². The first kappa shape index (κ1) is 42.3. The summed E-state index contributed by atoms with van der Waals surface area (Å²) in [6.07, 6.45) is -5.76. The van der Waals surface area contributed by atoms with Crippen molar-refractivity contribution in [2.24, 2.45) is 11.8 Å². The largest absolute Gasteiger partial charge is 0.504 e. The van der Waals surface area contributed by atoms with Gasteiger partial charge in [0.2, 0.25) is 11.5 Å². The third-order valence-electron chi connectivity index (χ3n) is 10.6. The number of hydrogen-bond acceptors (Lipinski definition) is 16. The van der Waals surface area contributed by atoms with Crippen LogP contribution in [0.1, 0.15) is 46.7 Å². The average Bonchev–Trinajstić information content (AvgIpc) is 3.87. The Kier molecular flexibility index (Phi) is 13.5. The maximum absolute atomic E-state index is 11.2. The maximum atomic E-state index is 11.2. The molecule has 6 N–H and O–H groups in total. The zero-order valence-electron chi connectivity index (χ0n) is 33.0. The van der Waals surface area contributed by atoms with Gasteiger partial charge in [-0.25, -0.2) is 0 Å². The highest BCUT2D eigenvalue weighted by molar-refractivity contribution is 5.56. The minimum atomic E-state index is -1.31. The number of rotatable bonds is 18. The van der Waals surface area contributed by atoms with E-state index in [1.807, 2.05) is 0 Å². The summed E-state index contributed by atoms with van der Waals surface area (Å²) in [7, 11) is 8.65. The summed E-state index contributed by atoms with van der Waals surface area (Å²) in [6.45, 7) is -0.408. The molecule has 2 aliphatic rings. The average molecular weight is 811 g/mol. The van der Waals surface area contributed by atoms with Crippen molar-refractivity contribution in [1.29, 1.82) is 0 Å². The van der Waals surface area contributed by atoms with E-state index >= 15 is 0 Å². The van der Waals surface area contributed by atoms with Crippen LogP contribution in [-0.2, 0) is 9.47 Å². The Morgan fingerprint density at radius 3 is 1.14 bits per heavy atom. The van der Waals surface area contributed by atoms with Crippen molar-refractivity contribution in [3.63, 3.8) is 0 Å². The van der Waals surface area contributed by atoms with Crippen LogP contribution < -0.4 is 37.9 Å². The van der Waals surface area contributed by atoms with Crippen LogP contribution in [0, 0.1) is 11.8 Å². The van der Waals surface area contributed by atoms with Crippen molar-refractivity contribution in [2.45, 2.75) is 36.6 Å². The van der Waals surface area contributed by atoms with Gasteiger partial charge in [-0.05, 0) is 70.8 Å². The Morgan fingerprint density at radius 2 is 0.845 bits per heavy atom. The zero-order chi connectivity index (χ0) is 41.7. The Balaban J connectivity index is 1.22. The van der Waals surface area contributed by atoms with Crippen molar-refractivity contribution < 1.29 is 78.0 Å². The Hall–Kier alpha value is -5.36. The topological polar surface area (TPSA) is 214 Å². The number of aromatic hydroxyl groups is 2. The molecule has 8 atom stereocenters. The maximum Gasteiger partial charge on any atom is 0.204 e. The number of fused-ring (bicyclic) bond motifs is 1. The summed E-state index contributed by atoms with van der Waals surface area (Å²) < 4.78 is 58.4. The molecule has 16 heteroatoms. The summed E-state index contributed by atoms with van der Waals surface area (Å²) in [4.78, 5) is 0. The van der Waals surface area contributed by atoms with Crippen LogP contribution >= 0.6 is 0 Å². The SMILES string of the molecule is COc1cc([C@H](O)[C@H](CO)Oc2c(OC)cc([C@@H]3OC[C@@H]4[C@H]3CO[C@H]4c3cc(OC)c(O[C@@H](CO)[C@@H](O)c4ccc(O)c(OC)c4)c(OC)c3)cc2OC)ccc1O. The minimum absolute atomic E-state index is 0.0909. The van der Waals surface area contributed by atoms with Crippen molar-refractivity contribution in [3.8, 4) is 57.5 Å². The molecule has 0 aromatic heterocycles. The van der Waals surface area contributed by atoms with Gasteiger partial charge < -0.3 is 78.0 Å². The van der Waals surface area contributed by atoms with Crippen molar-refractivity contribution in [2.75, 3.05) is 69.1 Å². The van der Waals surface area contributed by atoms with E-state index in [2.05, 4.69) is 0 Å². The number of aliphatic hydroxyl groups is 4. The number of benzene rings is 4. The molecule has 2 saturated heterocycles. The van der Waals surface area contributed by atoms with Gasteiger partial charge in [-0.15, -0.1) is 0 Å². The molecule has 0 amide bonds. The van der Waals surface area contributed by atoms with E-state index in [9.17, 15) is 30.6 Å². The fourth-order valence-corrected chi connectivity index (χ4v) is 7.49. The summed E-state index contributed by atoms with van der Waals surface area (Å²) in [5.41, 5.74) is 2.17. The lowest BCUT2D eigenvalue weighted by Crippen LogP contribution is -2.29. The second kappa shape index (κ2) is 18.5. The molecule has 4 aromatic carbocycles. The number of phenolic OH excluding ortho intramolecular Hbond substituents is 2. The molecule has 0 bridgehead atoms. The van der Waals surface area contributed by atoms with E-state index in [0.29, 0.717) is 24.3 Å². The van der Waals surface area contributed by atoms with Gasteiger partial charge in [0.15, 0.2) is 58.2 Å². The van der Waals surface area contributed by atoms with Gasteiger partial charge in [0, 0.05) is 11.8 Å². The first-order valence-corrected chi connectivity index (χ1v) is 18.4. The molecule has 0 radical (unpaired) electrons.